The van der Waals surface area contributed by atoms with Gasteiger partial charge in [0.05, 0.1) is 24.4 Å². The molecule has 0 radical (unpaired) electrons. The first kappa shape index (κ1) is 26.8. The first-order chi connectivity index (χ1) is 16.8. The fraction of sp³-hybridized carbons (Fsp3) is 0.375. The van der Waals surface area contributed by atoms with Crippen molar-refractivity contribution in [2.75, 3.05) is 13.7 Å². The van der Waals surface area contributed by atoms with Crippen molar-refractivity contribution >= 4 is 5.97 Å². The third-order valence-corrected chi connectivity index (χ3v) is 5.29. The molecule has 0 amide bonds. The van der Waals surface area contributed by atoms with Crippen molar-refractivity contribution in [2.45, 2.75) is 45.7 Å². The van der Waals surface area contributed by atoms with E-state index in [1.165, 1.54) is 37.7 Å². The van der Waals surface area contributed by atoms with Crippen molar-refractivity contribution in [1.82, 2.24) is 14.3 Å². The van der Waals surface area contributed by atoms with Gasteiger partial charge in [-0.05, 0) is 68.8 Å². The molecule has 0 spiro atoms. The second-order valence-corrected chi connectivity index (χ2v) is 8.43. The zero-order valence-electron chi connectivity index (χ0n) is 20.1. The van der Waals surface area contributed by atoms with Crippen LogP contribution in [-0.4, -0.2) is 44.7 Å². The lowest BCUT2D eigenvalue weighted by atomic mass is 10.1. The fourth-order valence-electron chi connectivity index (χ4n) is 3.20. The number of halogens is 3. The molecular weight excluding hydrogens is 483 g/mol. The smallest absolute Gasteiger partial charge is 0.416 e. The van der Waals surface area contributed by atoms with Gasteiger partial charge >= 0.3 is 17.8 Å². The SMILES string of the molecule is COCCn1c(COc2ccc(OC(C)(C)C(=O)O)c(C)c2)nn(-c2ccc(C(F)(F)F)cc2)c1=O. The zero-order valence-corrected chi connectivity index (χ0v) is 20.1. The van der Waals surface area contributed by atoms with Crippen molar-refractivity contribution in [3.63, 3.8) is 0 Å². The minimum absolute atomic E-state index is 0.118. The van der Waals surface area contributed by atoms with E-state index in [1.54, 1.807) is 25.1 Å². The fourth-order valence-corrected chi connectivity index (χ4v) is 3.20. The Morgan fingerprint density at radius 2 is 1.78 bits per heavy atom. The first-order valence-electron chi connectivity index (χ1n) is 10.8. The van der Waals surface area contributed by atoms with E-state index in [-0.39, 0.29) is 31.3 Å². The van der Waals surface area contributed by atoms with Crippen molar-refractivity contribution in [3.8, 4) is 17.2 Å². The summed E-state index contributed by atoms with van der Waals surface area (Å²) in [4.78, 5) is 24.3. The van der Waals surface area contributed by atoms with E-state index in [0.29, 0.717) is 17.1 Å². The second kappa shape index (κ2) is 10.4. The molecule has 1 heterocycles. The van der Waals surface area contributed by atoms with Gasteiger partial charge in [0, 0.05) is 7.11 Å². The molecule has 0 saturated carbocycles. The highest BCUT2D eigenvalue weighted by molar-refractivity contribution is 5.76. The van der Waals surface area contributed by atoms with Crippen molar-refractivity contribution in [1.29, 1.82) is 0 Å². The van der Waals surface area contributed by atoms with E-state index in [4.69, 9.17) is 14.2 Å². The van der Waals surface area contributed by atoms with E-state index >= 15 is 0 Å². The van der Waals surface area contributed by atoms with Crippen LogP contribution in [0, 0.1) is 6.92 Å². The van der Waals surface area contributed by atoms with Gasteiger partial charge in [0.1, 0.15) is 18.1 Å². The number of ether oxygens (including phenoxy) is 3. The summed E-state index contributed by atoms with van der Waals surface area (Å²) in [6, 6.07) is 8.91. The molecule has 12 heteroatoms. The van der Waals surface area contributed by atoms with Crippen LogP contribution < -0.4 is 15.2 Å². The van der Waals surface area contributed by atoms with Crippen LogP contribution >= 0.6 is 0 Å². The number of methoxy groups -OCH3 is 1. The monoisotopic (exact) mass is 509 g/mol. The topological polar surface area (TPSA) is 105 Å². The van der Waals surface area contributed by atoms with Crippen LogP contribution in [0.5, 0.6) is 11.5 Å². The Balaban J connectivity index is 1.84. The Labute approximate surface area is 204 Å². The van der Waals surface area contributed by atoms with Gasteiger partial charge in [-0.3, -0.25) is 4.57 Å². The Kier molecular flexibility index (Phi) is 7.77. The molecule has 0 fully saturated rings. The molecule has 0 bridgehead atoms. The number of carboxylic acids is 1. The number of alkyl halides is 3. The van der Waals surface area contributed by atoms with Gasteiger partial charge in [-0.15, -0.1) is 5.10 Å². The number of carbonyl (C=O) groups is 1. The molecule has 0 aliphatic rings. The van der Waals surface area contributed by atoms with Crippen molar-refractivity contribution < 1.29 is 37.3 Å². The summed E-state index contributed by atoms with van der Waals surface area (Å²) in [6.45, 7) is 4.85. The first-order valence-corrected chi connectivity index (χ1v) is 10.8. The van der Waals surface area contributed by atoms with Crippen LogP contribution in [0.2, 0.25) is 0 Å². The van der Waals surface area contributed by atoms with E-state index in [0.717, 1.165) is 16.8 Å². The summed E-state index contributed by atoms with van der Waals surface area (Å²) in [5.74, 6) is -0.0806. The number of aromatic nitrogens is 3. The maximum absolute atomic E-state index is 12.9. The van der Waals surface area contributed by atoms with Gasteiger partial charge in [0.25, 0.3) is 0 Å². The summed E-state index contributed by atoms with van der Waals surface area (Å²) >= 11 is 0. The molecule has 1 aromatic heterocycles. The van der Waals surface area contributed by atoms with Crippen LogP contribution in [-0.2, 0) is 28.9 Å². The molecule has 1 N–H and O–H groups in total. The predicted octanol–water partition coefficient (Wildman–Crippen LogP) is 3.83. The number of carboxylic acid groups (broad SMARTS) is 1. The summed E-state index contributed by atoms with van der Waals surface area (Å²) in [6.07, 6.45) is -4.50. The molecule has 0 unspecified atom stereocenters. The van der Waals surface area contributed by atoms with Crippen LogP contribution in [0.4, 0.5) is 13.2 Å². The Hall–Kier alpha value is -3.80. The minimum atomic E-state index is -4.50. The lowest BCUT2D eigenvalue weighted by Gasteiger charge is -2.23. The molecule has 194 valence electrons. The van der Waals surface area contributed by atoms with Gasteiger partial charge in [0.15, 0.2) is 11.4 Å². The number of aryl methyl sites for hydroxylation is 1. The number of rotatable bonds is 10. The lowest BCUT2D eigenvalue weighted by molar-refractivity contribution is -0.152. The standard InChI is InChI=1S/C24H26F3N3O6/c1-15-13-18(9-10-19(15)36-23(2,3)21(31)32)35-14-20-28-30(22(33)29(20)11-12-34-4)17-7-5-16(6-8-17)24(25,26)27/h5-10,13H,11-12,14H2,1-4H3,(H,31,32). The van der Waals surface area contributed by atoms with Crippen LogP contribution in [0.1, 0.15) is 30.8 Å². The Morgan fingerprint density at radius 3 is 2.33 bits per heavy atom. The van der Waals surface area contributed by atoms with Crippen LogP contribution in [0.3, 0.4) is 0 Å². The third-order valence-electron chi connectivity index (χ3n) is 5.29. The largest absolute Gasteiger partial charge is 0.486 e. The lowest BCUT2D eigenvalue weighted by Crippen LogP contribution is -2.38. The number of hydrogen-bond acceptors (Lipinski definition) is 6. The summed E-state index contributed by atoms with van der Waals surface area (Å²) in [5.41, 5.74) is -2.01. The van der Waals surface area contributed by atoms with E-state index in [2.05, 4.69) is 5.10 Å². The summed E-state index contributed by atoms with van der Waals surface area (Å²) in [5, 5.41) is 13.5. The molecule has 0 aliphatic heterocycles. The molecule has 9 nitrogen and oxygen atoms in total. The highest BCUT2D eigenvalue weighted by atomic mass is 19.4. The molecule has 0 atom stereocenters. The highest BCUT2D eigenvalue weighted by Gasteiger charge is 2.31. The van der Waals surface area contributed by atoms with Gasteiger partial charge in [-0.25, -0.2) is 9.59 Å². The van der Waals surface area contributed by atoms with Gasteiger partial charge in [-0.2, -0.15) is 17.9 Å². The Bertz CT molecular complexity index is 1280. The average molecular weight is 509 g/mol. The van der Waals surface area contributed by atoms with Crippen molar-refractivity contribution in [2.24, 2.45) is 0 Å². The van der Waals surface area contributed by atoms with E-state index < -0.39 is 29.0 Å². The number of hydrogen-bond donors (Lipinski definition) is 1. The minimum Gasteiger partial charge on any atom is -0.486 e. The third kappa shape index (κ3) is 6.06. The normalized spacial score (nSPS) is 12.0. The molecule has 36 heavy (non-hydrogen) atoms. The molecule has 3 aromatic rings. The zero-order chi connectivity index (χ0) is 26.7. The maximum atomic E-state index is 12.9. The maximum Gasteiger partial charge on any atom is 0.416 e. The molecule has 0 aliphatic carbocycles. The van der Waals surface area contributed by atoms with Crippen LogP contribution in [0.25, 0.3) is 5.69 Å². The van der Waals surface area contributed by atoms with Gasteiger partial charge in [-0.1, -0.05) is 0 Å². The van der Waals surface area contributed by atoms with E-state index in [9.17, 15) is 27.9 Å². The number of benzene rings is 2. The second-order valence-electron chi connectivity index (χ2n) is 8.43. The molecule has 2 aromatic carbocycles. The summed E-state index contributed by atoms with van der Waals surface area (Å²) < 4.78 is 57.4. The highest BCUT2D eigenvalue weighted by Crippen LogP contribution is 2.30. The van der Waals surface area contributed by atoms with E-state index in [1.807, 2.05) is 0 Å². The average Bonchev–Trinajstić information content (AvgIpc) is 3.12. The number of aliphatic carboxylic acids is 1. The molecule has 0 saturated heterocycles. The molecular formula is C24H26F3N3O6. The quantitative estimate of drug-likeness (QED) is 0.443. The molecule has 3 rings (SSSR count). The summed E-state index contributed by atoms with van der Waals surface area (Å²) in [7, 11) is 1.47. The number of nitrogens with zero attached hydrogens (tertiary/aromatic N) is 3. The van der Waals surface area contributed by atoms with Crippen LogP contribution in [0.15, 0.2) is 47.3 Å². The van der Waals surface area contributed by atoms with Gasteiger partial charge < -0.3 is 19.3 Å². The Morgan fingerprint density at radius 1 is 1.11 bits per heavy atom. The van der Waals surface area contributed by atoms with Gasteiger partial charge in [0.2, 0.25) is 0 Å². The predicted molar refractivity (Wildman–Crippen MR) is 123 cm³/mol. The van der Waals surface area contributed by atoms with Crippen molar-refractivity contribution in [3.05, 3.63) is 69.9 Å².